The Labute approximate surface area is 84.7 Å². The summed E-state index contributed by atoms with van der Waals surface area (Å²) in [7, 11) is -4.67. The SMILES string of the molecule is O=S(=O)(F)c1c[nH]c2cc(Cl)ccc12. The highest BCUT2D eigenvalue weighted by molar-refractivity contribution is 7.86. The summed E-state index contributed by atoms with van der Waals surface area (Å²) in [5.41, 5.74) is 0.494. The van der Waals surface area contributed by atoms with Crippen LogP contribution in [0.5, 0.6) is 0 Å². The number of rotatable bonds is 1. The lowest BCUT2D eigenvalue weighted by Crippen LogP contribution is -1.88. The fraction of sp³-hybridized carbons (Fsp3) is 0. The Morgan fingerprint density at radius 1 is 1.36 bits per heavy atom. The molecule has 0 fully saturated rings. The van der Waals surface area contributed by atoms with Crippen molar-refractivity contribution >= 4 is 32.7 Å². The maximum atomic E-state index is 12.7. The van der Waals surface area contributed by atoms with Gasteiger partial charge in [0.25, 0.3) is 0 Å². The van der Waals surface area contributed by atoms with Gasteiger partial charge in [0.15, 0.2) is 0 Å². The summed E-state index contributed by atoms with van der Waals surface area (Å²) in [5.74, 6) is 0. The predicted octanol–water partition coefficient (Wildman–Crippen LogP) is 2.48. The van der Waals surface area contributed by atoms with E-state index in [1.165, 1.54) is 18.2 Å². The Bertz CT molecular complexity index is 590. The number of benzene rings is 1. The summed E-state index contributed by atoms with van der Waals surface area (Å²) in [6.07, 6.45) is 1.11. The Hall–Kier alpha value is -1.07. The second-order valence-electron chi connectivity index (χ2n) is 2.78. The van der Waals surface area contributed by atoms with E-state index in [1.807, 2.05) is 0 Å². The lowest BCUT2D eigenvalue weighted by atomic mass is 10.2. The van der Waals surface area contributed by atoms with Crippen LogP contribution in [0.15, 0.2) is 29.3 Å². The van der Waals surface area contributed by atoms with Crippen LogP contribution >= 0.6 is 11.6 Å². The van der Waals surface area contributed by atoms with Gasteiger partial charge in [0.1, 0.15) is 4.90 Å². The number of nitrogens with one attached hydrogen (secondary N) is 1. The van der Waals surface area contributed by atoms with Crippen molar-refractivity contribution in [3.63, 3.8) is 0 Å². The van der Waals surface area contributed by atoms with Crippen molar-refractivity contribution in [3.05, 3.63) is 29.4 Å². The average molecular weight is 234 g/mol. The van der Waals surface area contributed by atoms with E-state index in [4.69, 9.17) is 11.6 Å². The van der Waals surface area contributed by atoms with Crippen molar-refractivity contribution in [2.75, 3.05) is 0 Å². The summed E-state index contributed by atoms with van der Waals surface area (Å²) in [4.78, 5) is 2.27. The maximum absolute atomic E-state index is 12.7. The quantitative estimate of drug-likeness (QED) is 0.770. The van der Waals surface area contributed by atoms with Gasteiger partial charge in [0.2, 0.25) is 0 Å². The number of aromatic amines is 1. The van der Waals surface area contributed by atoms with Crippen LogP contribution in [0.3, 0.4) is 0 Å². The van der Waals surface area contributed by atoms with E-state index in [0.29, 0.717) is 15.9 Å². The predicted molar refractivity (Wildman–Crippen MR) is 51.6 cm³/mol. The molecule has 0 atom stereocenters. The third-order valence-corrected chi connectivity index (χ3v) is 2.97. The summed E-state index contributed by atoms with van der Waals surface area (Å²) in [6.45, 7) is 0. The lowest BCUT2D eigenvalue weighted by Gasteiger charge is -1.92. The van der Waals surface area contributed by atoms with Crippen molar-refractivity contribution in [2.45, 2.75) is 4.90 Å². The molecule has 0 amide bonds. The topological polar surface area (TPSA) is 49.9 Å². The van der Waals surface area contributed by atoms with Crippen LogP contribution in [0.25, 0.3) is 10.9 Å². The Kier molecular flexibility index (Phi) is 2.01. The number of hydrogen-bond acceptors (Lipinski definition) is 2. The molecule has 1 N–H and O–H groups in total. The molecule has 0 radical (unpaired) electrons. The van der Waals surface area contributed by atoms with Gasteiger partial charge in [-0.05, 0) is 18.2 Å². The van der Waals surface area contributed by atoms with Crippen LogP contribution < -0.4 is 0 Å². The van der Waals surface area contributed by atoms with Gasteiger partial charge in [-0.1, -0.05) is 11.6 Å². The van der Waals surface area contributed by atoms with Crippen LogP contribution in [-0.2, 0) is 10.2 Å². The first kappa shape index (κ1) is 9.48. The molecule has 0 aliphatic rings. The van der Waals surface area contributed by atoms with Crippen LogP contribution in [0, 0.1) is 0 Å². The Morgan fingerprint density at radius 3 is 2.71 bits per heavy atom. The zero-order chi connectivity index (χ0) is 10.3. The number of hydrogen-bond donors (Lipinski definition) is 1. The zero-order valence-corrected chi connectivity index (χ0v) is 8.36. The van der Waals surface area contributed by atoms with E-state index >= 15 is 0 Å². The summed E-state index contributed by atoms with van der Waals surface area (Å²) in [6, 6.07) is 4.50. The van der Waals surface area contributed by atoms with Crippen LogP contribution in [0.1, 0.15) is 0 Å². The molecule has 1 aromatic carbocycles. The van der Waals surface area contributed by atoms with Gasteiger partial charge < -0.3 is 4.98 Å². The van der Waals surface area contributed by atoms with Gasteiger partial charge in [-0.2, -0.15) is 8.42 Å². The van der Waals surface area contributed by atoms with E-state index in [9.17, 15) is 12.3 Å². The second-order valence-corrected chi connectivity index (χ2v) is 4.53. The van der Waals surface area contributed by atoms with Crippen molar-refractivity contribution in [3.8, 4) is 0 Å². The molecular weight excluding hydrogens is 229 g/mol. The normalized spacial score (nSPS) is 12.1. The molecule has 0 saturated heterocycles. The molecule has 6 heteroatoms. The molecule has 0 unspecified atom stereocenters. The number of aromatic nitrogens is 1. The number of fused-ring (bicyclic) bond motifs is 1. The first-order valence-corrected chi connectivity index (χ1v) is 5.46. The fourth-order valence-electron chi connectivity index (χ4n) is 1.27. The molecule has 14 heavy (non-hydrogen) atoms. The van der Waals surface area contributed by atoms with Crippen molar-refractivity contribution < 1.29 is 12.3 Å². The first-order chi connectivity index (χ1) is 6.48. The standard InChI is InChI=1S/C8H5ClFNO2S/c9-5-1-2-6-7(3-5)11-4-8(6)14(10,12)13/h1-4,11H. The van der Waals surface area contributed by atoms with Gasteiger partial charge in [-0.3, -0.25) is 0 Å². The van der Waals surface area contributed by atoms with E-state index in [0.717, 1.165) is 6.20 Å². The number of H-pyrrole nitrogens is 1. The zero-order valence-electron chi connectivity index (χ0n) is 6.79. The highest BCUT2D eigenvalue weighted by Crippen LogP contribution is 2.26. The molecule has 2 rings (SSSR count). The minimum Gasteiger partial charge on any atom is -0.360 e. The van der Waals surface area contributed by atoms with E-state index in [-0.39, 0.29) is 4.90 Å². The Morgan fingerprint density at radius 2 is 2.07 bits per heavy atom. The van der Waals surface area contributed by atoms with Gasteiger partial charge in [-0.25, -0.2) is 0 Å². The molecule has 0 aliphatic carbocycles. The van der Waals surface area contributed by atoms with Gasteiger partial charge in [0, 0.05) is 22.1 Å². The molecule has 0 spiro atoms. The minimum atomic E-state index is -4.67. The minimum absolute atomic E-state index is 0.303. The maximum Gasteiger partial charge on any atom is 0.334 e. The third kappa shape index (κ3) is 1.49. The monoisotopic (exact) mass is 233 g/mol. The molecule has 0 saturated carbocycles. The number of halogens is 2. The largest absolute Gasteiger partial charge is 0.360 e. The molecule has 74 valence electrons. The molecule has 0 aliphatic heterocycles. The molecule has 3 nitrogen and oxygen atoms in total. The second kappa shape index (κ2) is 2.96. The summed E-state index contributed by atoms with van der Waals surface area (Å²) in [5, 5.41) is 0.763. The van der Waals surface area contributed by atoms with Crippen LogP contribution in [0.2, 0.25) is 5.02 Å². The van der Waals surface area contributed by atoms with Crippen molar-refractivity contribution in [1.29, 1.82) is 0 Å². The molecular formula is C8H5ClFNO2S. The van der Waals surface area contributed by atoms with Gasteiger partial charge >= 0.3 is 10.2 Å². The highest BCUT2D eigenvalue weighted by Gasteiger charge is 2.17. The fourth-order valence-corrected chi connectivity index (χ4v) is 2.09. The van der Waals surface area contributed by atoms with E-state index < -0.39 is 10.2 Å². The van der Waals surface area contributed by atoms with Crippen LogP contribution in [0.4, 0.5) is 3.89 Å². The average Bonchev–Trinajstić information content (AvgIpc) is 2.45. The van der Waals surface area contributed by atoms with Crippen molar-refractivity contribution in [2.24, 2.45) is 0 Å². The van der Waals surface area contributed by atoms with Gasteiger partial charge in [0.05, 0.1) is 0 Å². The van der Waals surface area contributed by atoms with Gasteiger partial charge in [-0.15, -0.1) is 3.89 Å². The molecule has 2 aromatic rings. The summed E-state index contributed by atoms with van der Waals surface area (Å²) < 4.78 is 34.1. The summed E-state index contributed by atoms with van der Waals surface area (Å²) >= 11 is 5.68. The first-order valence-electron chi connectivity index (χ1n) is 3.70. The Balaban J connectivity index is 2.83. The molecule has 1 aromatic heterocycles. The van der Waals surface area contributed by atoms with E-state index in [1.54, 1.807) is 0 Å². The molecule has 1 heterocycles. The lowest BCUT2D eigenvalue weighted by molar-refractivity contribution is 0.553. The van der Waals surface area contributed by atoms with Crippen LogP contribution in [-0.4, -0.2) is 13.4 Å². The highest BCUT2D eigenvalue weighted by atomic mass is 35.5. The van der Waals surface area contributed by atoms with Crippen molar-refractivity contribution in [1.82, 2.24) is 4.98 Å². The third-order valence-electron chi connectivity index (χ3n) is 1.87. The smallest absolute Gasteiger partial charge is 0.334 e. The van der Waals surface area contributed by atoms with E-state index in [2.05, 4.69) is 4.98 Å². The molecule has 0 bridgehead atoms.